The molecule has 23 heteroatoms. The molecule has 460 valence electrons. The van der Waals surface area contributed by atoms with Gasteiger partial charge in [-0.25, -0.2) is 4.98 Å². The monoisotopic (exact) mass is 1160 g/mol. The highest BCUT2D eigenvalue weighted by atomic mass is 32.1. The number of carbonyl (C=O) groups excluding carboxylic acids is 6. The van der Waals surface area contributed by atoms with E-state index in [1.165, 1.54) is 11.3 Å². The van der Waals surface area contributed by atoms with Gasteiger partial charge in [0.1, 0.15) is 5.01 Å². The highest BCUT2D eigenvalue weighted by molar-refractivity contribution is 7.09. The van der Waals surface area contributed by atoms with E-state index in [2.05, 4.69) is 31.6 Å². The van der Waals surface area contributed by atoms with Crippen LogP contribution < -0.4 is 26.6 Å². The maximum absolute atomic E-state index is 14.4. The van der Waals surface area contributed by atoms with Gasteiger partial charge in [-0.2, -0.15) is 0 Å². The Hall–Kier alpha value is -4.69. The van der Waals surface area contributed by atoms with Crippen molar-refractivity contribution in [2.75, 3.05) is 128 Å². The van der Waals surface area contributed by atoms with Gasteiger partial charge in [-0.3, -0.25) is 33.7 Å². The smallest absolute Gasteiger partial charge is 0.242 e. The van der Waals surface area contributed by atoms with Crippen LogP contribution in [0, 0.1) is 17.8 Å². The van der Waals surface area contributed by atoms with E-state index >= 15 is 0 Å². The molecule has 0 bridgehead atoms. The predicted molar refractivity (Wildman–Crippen MR) is 311 cm³/mol. The third kappa shape index (κ3) is 25.4. The number of ether oxygens (including phenoxy) is 6. The molecule has 0 aliphatic carbocycles. The molecule has 2 heterocycles. The second kappa shape index (κ2) is 40.5. The summed E-state index contributed by atoms with van der Waals surface area (Å²) in [6.45, 7) is 14.0. The van der Waals surface area contributed by atoms with Crippen LogP contribution in [0.25, 0.3) is 0 Å². The Morgan fingerprint density at radius 1 is 0.827 bits per heavy atom. The predicted octanol–water partition coefficient (Wildman–Crippen LogP) is 2.98. The van der Waals surface area contributed by atoms with Crippen LogP contribution in [0.1, 0.15) is 103 Å². The zero-order valence-electron chi connectivity index (χ0n) is 50.1. The Bertz CT molecular complexity index is 2080. The Labute approximate surface area is 486 Å². The fraction of sp³-hybridized carbons (Fsp3) is 0.741. The number of amides is 6. The largest absolute Gasteiger partial charge is 0.395 e. The lowest BCUT2D eigenvalue weighted by atomic mass is 9.90. The van der Waals surface area contributed by atoms with Gasteiger partial charge in [-0.15, -0.1) is 11.3 Å². The first-order chi connectivity index (χ1) is 39.0. The third-order valence-corrected chi connectivity index (χ3v) is 15.8. The molecule has 1 aromatic heterocycles. The van der Waals surface area contributed by atoms with Gasteiger partial charge in [0.25, 0.3) is 0 Å². The van der Waals surface area contributed by atoms with Crippen LogP contribution in [0.15, 0.2) is 41.9 Å². The van der Waals surface area contributed by atoms with Gasteiger partial charge in [0, 0.05) is 65.4 Å². The zero-order chi connectivity index (χ0) is 59.5. The van der Waals surface area contributed by atoms with E-state index in [9.17, 15) is 28.8 Å². The molecule has 2 unspecified atom stereocenters. The molecular weight excluding hydrogens is 1060 g/mol. The minimum atomic E-state index is -0.648. The standard InChI is InChI=1S/C58H99N9O13S/c1-11-42(4)53(48(75-9)39-50(70)67-26-17-21-47(67)54(76-10)43(5)55(72)64-46(58-62-25-37-81-58)38-44-18-13-12-14-19-44)66(8)51(71)40-63-57(74)52(41(2)3)65(7)27-30-78-32-34-80-36-35-79-33-31-77-29-22-49(69)60-23-16-15-20-45(59-6)56(73)61-24-28-68/h12-14,18-19,25,37,41-43,45-48,52-54,59,68H,11,15-17,20-24,26-36,38-40H2,1-10H3,(H,60,69)(H,61,73)(H,63,74)(H,64,72)/t42-,43+,45-,46-,47-,48+,52?,53?,54+/m0/s1. The molecule has 1 aromatic carbocycles. The highest BCUT2D eigenvalue weighted by Crippen LogP contribution is 2.30. The van der Waals surface area contributed by atoms with E-state index in [4.69, 9.17) is 33.5 Å². The van der Waals surface area contributed by atoms with Crippen molar-refractivity contribution in [2.45, 2.75) is 135 Å². The minimum Gasteiger partial charge on any atom is -0.395 e. The molecule has 6 amide bonds. The minimum absolute atomic E-state index is 0.0119. The molecule has 1 aliphatic rings. The first kappa shape index (κ1) is 70.6. The van der Waals surface area contributed by atoms with Gasteiger partial charge in [-0.05, 0) is 70.0 Å². The average molecular weight is 1160 g/mol. The number of carbonyl (C=O) groups is 6. The molecule has 2 aromatic rings. The lowest BCUT2D eigenvalue weighted by Gasteiger charge is -2.39. The number of nitrogens with zero attached hydrogens (tertiary/aromatic N) is 4. The van der Waals surface area contributed by atoms with Gasteiger partial charge >= 0.3 is 0 Å². The van der Waals surface area contributed by atoms with Crippen molar-refractivity contribution in [3.8, 4) is 0 Å². The van der Waals surface area contributed by atoms with Crippen molar-refractivity contribution in [3.05, 3.63) is 52.5 Å². The van der Waals surface area contributed by atoms with Crippen LogP contribution in [-0.4, -0.2) is 224 Å². The summed E-state index contributed by atoms with van der Waals surface area (Å²) in [7, 11) is 8.41. The molecule has 0 saturated carbocycles. The molecule has 1 saturated heterocycles. The Balaban J connectivity index is 1.37. The first-order valence-corrected chi connectivity index (χ1v) is 29.9. The van der Waals surface area contributed by atoms with E-state index in [1.54, 1.807) is 39.4 Å². The molecule has 9 atom stereocenters. The van der Waals surface area contributed by atoms with Crippen LogP contribution in [0.2, 0.25) is 0 Å². The molecule has 22 nitrogen and oxygen atoms in total. The van der Waals surface area contributed by atoms with Crippen molar-refractivity contribution in [1.82, 2.24) is 46.3 Å². The number of aromatic nitrogens is 1. The Morgan fingerprint density at radius 3 is 2.09 bits per heavy atom. The second-order valence-corrected chi connectivity index (χ2v) is 22.0. The van der Waals surface area contributed by atoms with Gasteiger partial charge in [0.05, 0.1) is 121 Å². The topological polar surface area (TPSA) is 261 Å². The van der Waals surface area contributed by atoms with E-state index in [1.807, 2.05) is 87.2 Å². The summed E-state index contributed by atoms with van der Waals surface area (Å²) in [5.41, 5.74) is 1.08. The van der Waals surface area contributed by atoms with Crippen molar-refractivity contribution in [1.29, 1.82) is 0 Å². The van der Waals surface area contributed by atoms with Gasteiger partial charge in [0.15, 0.2) is 0 Å². The molecule has 0 spiro atoms. The van der Waals surface area contributed by atoms with Gasteiger partial charge in [-0.1, -0.05) is 71.4 Å². The van der Waals surface area contributed by atoms with Crippen LogP contribution in [0.4, 0.5) is 0 Å². The molecule has 81 heavy (non-hydrogen) atoms. The first-order valence-electron chi connectivity index (χ1n) is 29.0. The lowest BCUT2D eigenvalue weighted by Crippen LogP contribution is -2.55. The number of benzene rings is 1. The second-order valence-electron chi connectivity index (χ2n) is 21.1. The molecule has 3 rings (SSSR count). The van der Waals surface area contributed by atoms with Crippen molar-refractivity contribution >= 4 is 46.8 Å². The number of hydrogen-bond donors (Lipinski definition) is 6. The average Bonchev–Trinajstić information content (AvgIpc) is 4.25. The van der Waals surface area contributed by atoms with Crippen molar-refractivity contribution in [2.24, 2.45) is 17.8 Å². The number of nitrogens with one attached hydrogen (secondary N) is 5. The number of likely N-dealkylation sites (N-methyl/N-ethyl adjacent to an activating group) is 3. The molecule has 1 fully saturated rings. The number of methoxy groups -OCH3 is 2. The summed E-state index contributed by atoms with van der Waals surface area (Å²) < 4.78 is 34.6. The molecule has 6 N–H and O–H groups in total. The fourth-order valence-corrected chi connectivity index (χ4v) is 11.0. The summed E-state index contributed by atoms with van der Waals surface area (Å²) in [4.78, 5) is 90.0. The quantitative estimate of drug-likeness (QED) is 0.0522. The highest BCUT2D eigenvalue weighted by Gasteiger charge is 2.42. The van der Waals surface area contributed by atoms with Crippen LogP contribution >= 0.6 is 11.3 Å². The molecular formula is C58H99N9O13S. The number of likely N-dealkylation sites (tertiary alicyclic amines) is 1. The van der Waals surface area contributed by atoms with Gasteiger partial charge < -0.3 is 69.9 Å². The van der Waals surface area contributed by atoms with Crippen molar-refractivity contribution in [3.63, 3.8) is 0 Å². The van der Waals surface area contributed by atoms with Gasteiger partial charge in [0.2, 0.25) is 35.4 Å². The third-order valence-electron chi connectivity index (χ3n) is 14.9. The van der Waals surface area contributed by atoms with Crippen LogP contribution in [0.3, 0.4) is 0 Å². The van der Waals surface area contributed by atoms with E-state index in [0.717, 1.165) is 29.8 Å². The normalized spacial score (nSPS) is 16.5. The number of aliphatic hydroxyl groups is 1. The molecule has 0 radical (unpaired) electrons. The van der Waals surface area contributed by atoms with Crippen LogP contribution in [0.5, 0.6) is 0 Å². The summed E-state index contributed by atoms with van der Waals surface area (Å²) in [5, 5.41) is 26.2. The Morgan fingerprint density at radius 2 is 1.49 bits per heavy atom. The number of aliphatic hydroxyl groups excluding tert-OH is 1. The maximum Gasteiger partial charge on any atom is 0.242 e. The zero-order valence-corrected chi connectivity index (χ0v) is 50.9. The number of unbranched alkanes of at least 4 members (excludes halogenated alkanes) is 1. The number of thiazole rings is 1. The van der Waals surface area contributed by atoms with Crippen molar-refractivity contribution < 1.29 is 62.3 Å². The number of rotatable bonds is 44. The van der Waals surface area contributed by atoms with E-state index < -0.39 is 30.2 Å². The fourth-order valence-electron chi connectivity index (χ4n) is 10.3. The van der Waals surface area contributed by atoms with Crippen LogP contribution in [-0.2, 0) is 63.6 Å². The summed E-state index contributed by atoms with van der Waals surface area (Å²) in [5.74, 6) is -1.86. The SMILES string of the molecule is CC[C@H](C)C([C@@H](CC(=O)N1CCC[C@H]1[C@H](OC)[C@@H](C)C(=O)N[C@@H](Cc1ccccc1)c1nccs1)OC)N(C)C(=O)CNC(=O)C(C(C)C)N(C)CCOCCOCCOCCOCCC(=O)NCCCC[C@H](NC)C(=O)NCCO. The van der Waals surface area contributed by atoms with E-state index in [0.29, 0.717) is 91.6 Å². The molecule has 1 aliphatic heterocycles. The lowest BCUT2D eigenvalue weighted by molar-refractivity contribution is -0.146. The summed E-state index contributed by atoms with van der Waals surface area (Å²) >= 11 is 1.49. The maximum atomic E-state index is 14.4. The Kier molecular flexibility index (Phi) is 35.3. The van der Waals surface area contributed by atoms with E-state index in [-0.39, 0.29) is 105 Å². The summed E-state index contributed by atoms with van der Waals surface area (Å²) in [6, 6.07) is 7.96. The summed E-state index contributed by atoms with van der Waals surface area (Å²) in [6.07, 6.45) is 5.62. The number of hydrogen-bond acceptors (Lipinski definition) is 17.